The summed E-state index contributed by atoms with van der Waals surface area (Å²) in [5, 5.41) is 9.36. The second-order valence-corrected chi connectivity index (χ2v) is 7.83. The van der Waals surface area contributed by atoms with Crippen LogP contribution in [0.5, 0.6) is 0 Å². The number of rotatable bonds is 9. The van der Waals surface area contributed by atoms with E-state index in [1.54, 1.807) is 10.9 Å². The van der Waals surface area contributed by atoms with Gasteiger partial charge in [0.1, 0.15) is 11.3 Å². The van der Waals surface area contributed by atoms with Gasteiger partial charge >= 0.3 is 5.97 Å². The highest BCUT2D eigenvalue weighted by Gasteiger charge is 2.21. The van der Waals surface area contributed by atoms with Crippen molar-refractivity contribution in [1.82, 2.24) is 15.1 Å². The van der Waals surface area contributed by atoms with E-state index in [-0.39, 0.29) is 18.6 Å². The van der Waals surface area contributed by atoms with Gasteiger partial charge in [-0.2, -0.15) is 5.10 Å². The van der Waals surface area contributed by atoms with Gasteiger partial charge in [-0.1, -0.05) is 49.7 Å². The van der Waals surface area contributed by atoms with E-state index in [9.17, 15) is 9.59 Å². The Bertz CT molecular complexity index is 936. The van der Waals surface area contributed by atoms with Crippen molar-refractivity contribution in [3.05, 3.63) is 65.2 Å². The standard InChI is InChI=1S/C22H25N3O3S/c1-3-8-16(2)23-20(26)15-28-22(27)18-14-25(13-17-9-5-4-6-10-17)24-21(18)19-11-7-12-29-19/h4-7,9-12,14,16H,3,8,13,15H2,1-2H3,(H,23,26)/t16-/m0/s1. The van der Waals surface area contributed by atoms with Gasteiger partial charge in [0.15, 0.2) is 6.61 Å². The number of carbonyl (C=O) groups excluding carboxylic acids is 2. The Morgan fingerprint density at radius 1 is 1.21 bits per heavy atom. The van der Waals surface area contributed by atoms with Crippen LogP contribution in [0.4, 0.5) is 0 Å². The third-order valence-electron chi connectivity index (χ3n) is 4.39. The number of benzene rings is 1. The lowest BCUT2D eigenvalue weighted by molar-refractivity contribution is -0.124. The molecule has 0 aliphatic rings. The van der Waals surface area contributed by atoms with Crippen LogP contribution in [0, 0.1) is 0 Å². The molecule has 0 saturated heterocycles. The first kappa shape index (κ1) is 20.8. The molecule has 1 atom stereocenters. The molecule has 1 N–H and O–H groups in total. The summed E-state index contributed by atoms with van der Waals surface area (Å²) in [6.45, 7) is 4.23. The quantitative estimate of drug-likeness (QED) is 0.538. The fraction of sp³-hybridized carbons (Fsp3) is 0.318. The molecule has 0 radical (unpaired) electrons. The molecule has 0 aliphatic heterocycles. The highest BCUT2D eigenvalue weighted by molar-refractivity contribution is 7.13. The van der Waals surface area contributed by atoms with E-state index in [0.29, 0.717) is 17.8 Å². The Morgan fingerprint density at radius 2 is 2.00 bits per heavy atom. The van der Waals surface area contributed by atoms with Crippen LogP contribution in [0.1, 0.15) is 42.6 Å². The van der Waals surface area contributed by atoms with Gasteiger partial charge in [-0.3, -0.25) is 9.48 Å². The van der Waals surface area contributed by atoms with Crippen molar-refractivity contribution in [3.63, 3.8) is 0 Å². The van der Waals surface area contributed by atoms with E-state index in [4.69, 9.17) is 4.74 Å². The summed E-state index contributed by atoms with van der Waals surface area (Å²) in [6, 6.07) is 13.8. The van der Waals surface area contributed by atoms with Gasteiger partial charge in [-0.25, -0.2) is 4.79 Å². The van der Waals surface area contributed by atoms with Gasteiger partial charge < -0.3 is 10.1 Å². The van der Waals surface area contributed by atoms with Crippen LogP contribution >= 0.6 is 11.3 Å². The zero-order chi connectivity index (χ0) is 20.6. The van der Waals surface area contributed by atoms with Crippen molar-refractivity contribution in [3.8, 4) is 10.6 Å². The van der Waals surface area contributed by atoms with E-state index < -0.39 is 5.97 Å². The molecule has 0 aliphatic carbocycles. The summed E-state index contributed by atoms with van der Waals surface area (Å²) >= 11 is 1.50. The average Bonchev–Trinajstić information content (AvgIpc) is 3.37. The second-order valence-electron chi connectivity index (χ2n) is 6.89. The lowest BCUT2D eigenvalue weighted by Gasteiger charge is -2.12. The number of esters is 1. The number of carbonyl (C=O) groups is 2. The molecule has 0 unspecified atom stereocenters. The van der Waals surface area contributed by atoms with Crippen molar-refractivity contribution in [2.45, 2.75) is 39.3 Å². The molecule has 7 heteroatoms. The Labute approximate surface area is 174 Å². The predicted octanol–water partition coefficient (Wildman–Crippen LogP) is 4.12. The van der Waals surface area contributed by atoms with Crippen LogP contribution in [-0.2, 0) is 16.1 Å². The molecule has 2 aromatic heterocycles. The summed E-state index contributed by atoms with van der Waals surface area (Å²) < 4.78 is 7.00. The molecule has 0 fully saturated rings. The minimum Gasteiger partial charge on any atom is -0.452 e. The van der Waals surface area contributed by atoms with Crippen molar-refractivity contribution in [2.24, 2.45) is 0 Å². The Kier molecular flexibility index (Phi) is 7.19. The third-order valence-corrected chi connectivity index (χ3v) is 5.26. The number of hydrogen-bond donors (Lipinski definition) is 1. The fourth-order valence-electron chi connectivity index (χ4n) is 3.05. The van der Waals surface area contributed by atoms with Gasteiger partial charge in [-0.15, -0.1) is 11.3 Å². The molecular weight excluding hydrogens is 386 g/mol. The highest BCUT2D eigenvalue weighted by atomic mass is 32.1. The molecule has 2 heterocycles. The van der Waals surface area contributed by atoms with Crippen LogP contribution < -0.4 is 5.32 Å². The van der Waals surface area contributed by atoms with Crippen molar-refractivity contribution in [1.29, 1.82) is 0 Å². The minimum atomic E-state index is -0.550. The molecule has 152 valence electrons. The zero-order valence-electron chi connectivity index (χ0n) is 16.6. The zero-order valence-corrected chi connectivity index (χ0v) is 17.4. The predicted molar refractivity (Wildman–Crippen MR) is 114 cm³/mol. The minimum absolute atomic E-state index is 0.0569. The largest absolute Gasteiger partial charge is 0.452 e. The normalized spacial score (nSPS) is 11.8. The summed E-state index contributed by atoms with van der Waals surface area (Å²) in [5.41, 5.74) is 2.01. The van der Waals surface area contributed by atoms with Gasteiger partial charge in [-0.05, 0) is 30.4 Å². The second kappa shape index (κ2) is 10.0. The molecule has 3 rings (SSSR count). The SMILES string of the molecule is CCC[C@H](C)NC(=O)COC(=O)c1cn(Cc2ccccc2)nc1-c1cccs1. The van der Waals surface area contributed by atoms with Crippen molar-refractivity contribution >= 4 is 23.2 Å². The van der Waals surface area contributed by atoms with Gasteiger partial charge in [0, 0.05) is 12.2 Å². The first-order valence-electron chi connectivity index (χ1n) is 9.68. The molecule has 1 amide bonds. The van der Waals surface area contributed by atoms with Crippen LogP contribution in [0.3, 0.4) is 0 Å². The van der Waals surface area contributed by atoms with E-state index in [0.717, 1.165) is 23.3 Å². The molecule has 6 nitrogen and oxygen atoms in total. The third kappa shape index (κ3) is 5.77. The first-order valence-corrected chi connectivity index (χ1v) is 10.6. The molecule has 1 aromatic carbocycles. The average molecular weight is 412 g/mol. The number of ether oxygens (including phenoxy) is 1. The number of nitrogens with one attached hydrogen (secondary N) is 1. The first-order chi connectivity index (χ1) is 14.1. The van der Waals surface area contributed by atoms with Gasteiger partial charge in [0.05, 0.1) is 11.4 Å². The van der Waals surface area contributed by atoms with E-state index in [1.165, 1.54) is 11.3 Å². The Morgan fingerprint density at radius 3 is 2.69 bits per heavy atom. The lowest BCUT2D eigenvalue weighted by atomic mass is 10.2. The Hall–Kier alpha value is -2.93. The maximum Gasteiger partial charge on any atom is 0.342 e. The van der Waals surface area contributed by atoms with Crippen LogP contribution in [0.25, 0.3) is 10.6 Å². The molecule has 0 bridgehead atoms. The van der Waals surface area contributed by atoms with Crippen LogP contribution in [0.2, 0.25) is 0 Å². The lowest BCUT2D eigenvalue weighted by Crippen LogP contribution is -2.35. The van der Waals surface area contributed by atoms with E-state index >= 15 is 0 Å². The maximum absolute atomic E-state index is 12.7. The molecular formula is C22H25N3O3S. The number of hydrogen-bond acceptors (Lipinski definition) is 5. The monoisotopic (exact) mass is 411 g/mol. The Balaban J connectivity index is 1.72. The van der Waals surface area contributed by atoms with Crippen LogP contribution in [-0.4, -0.2) is 34.3 Å². The van der Waals surface area contributed by atoms with Crippen molar-refractivity contribution in [2.75, 3.05) is 6.61 Å². The van der Waals surface area contributed by atoms with Crippen LogP contribution in [0.15, 0.2) is 54.0 Å². The molecule has 0 saturated carbocycles. The number of nitrogens with zero attached hydrogens (tertiary/aromatic N) is 2. The fourth-order valence-corrected chi connectivity index (χ4v) is 3.77. The number of aromatic nitrogens is 2. The van der Waals surface area contributed by atoms with Gasteiger partial charge in [0.25, 0.3) is 5.91 Å². The number of amides is 1. The molecule has 0 spiro atoms. The smallest absolute Gasteiger partial charge is 0.342 e. The van der Waals surface area contributed by atoms with E-state index in [1.807, 2.05) is 54.8 Å². The summed E-state index contributed by atoms with van der Waals surface area (Å²) in [5.74, 6) is -0.848. The summed E-state index contributed by atoms with van der Waals surface area (Å²) in [7, 11) is 0. The molecule has 3 aromatic rings. The number of thiophene rings is 1. The summed E-state index contributed by atoms with van der Waals surface area (Å²) in [4.78, 5) is 25.6. The van der Waals surface area contributed by atoms with E-state index in [2.05, 4.69) is 17.3 Å². The van der Waals surface area contributed by atoms with Crippen molar-refractivity contribution < 1.29 is 14.3 Å². The maximum atomic E-state index is 12.7. The topological polar surface area (TPSA) is 73.2 Å². The highest BCUT2D eigenvalue weighted by Crippen LogP contribution is 2.27. The summed E-state index contributed by atoms with van der Waals surface area (Å²) in [6.07, 6.45) is 3.54. The van der Waals surface area contributed by atoms with Gasteiger partial charge in [0.2, 0.25) is 0 Å². The molecule has 29 heavy (non-hydrogen) atoms.